The highest BCUT2D eigenvalue weighted by Crippen LogP contribution is 2.45. The van der Waals surface area contributed by atoms with Gasteiger partial charge < -0.3 is 19.6 Å². The SMILES string of the molecule is C1=CN2Cc3cccc4c3-c3c5cccc3CN3C=CN(C4)C3C2N1C5. The van der Waals surface area contributed by atoms with Crippen LogP contribution in [0.15, 0.2) is 61.2 Å². The molecule has 12 bridgehead atoms. The lowest BCUT2D eigenvalue weighted by molar-refractivity contribution is -0.00428. The summed E-state index contributed by atoms with van der Waals surface area (Å²) in [6.07, 6.45) is 9.89. The highest BCUT2D eigenvalue weighted by atomic mass is 15.5. The quantitative estimate of drug-likeness (QED) is 0.730. The molecule has 0 atom stereocenters. The van der Waals surface area contributed by atoms with Crippen molar-refractivity contribution in [3.63, 3.8) is 0 Å². The van der Waals surface area contributed by atoms with Gasteiger partial charge in [0.2, 0.25) is 0 Å². The second-order valence-electron chi connectivity index (χ2n) is 8.02. The van der Waals surface area contributed by atoms with Crippen molar-refractivity contribution in [1.29, 1.82) is 0 Å². The third kappa shape index (κ3) is 1.52. The summed E-state index contributed by atoms with van der Waals surface area (Å²) in [7, 11) is 0. The van der Waals surface area contributed by atoms with Crippen LogP contribution in [0.1, 0.15) is 22.3 Å². The summed E-state index contributed by atoms with van der Waals surface area (Å²) in [6, 6.07) is 13.8. The topological polar surface area (TPSA) is 13.0 Å². The summed E-state index contributed by atoms with van der Waals surface area (Å²) in [5.74, 6) is 0. The van der Waals surface area contributed by atoms with Crippen LogP contribution in [0.3, 0.4) is 0 Å². The largest absolute Gasteiger partial charge is 0.348 e. The van der Waals surface area contributed by atoms with Crippen LogP contribution in [-0.2, 0) is 26.2 Å². The normalized spacial score (nSPS) is 26.0. The van der Waals surface area contributed by atoms with E-state index in [0.717, 1.165) is 26.2 Å². The maximum Gasteiger partial charge on any atom is 0.142 e. The van der Waals surface area contributed by atoms with Crippen LogP contribution in [-0.4, -0.2) is 31.9 Å². The molecular formula is C22H20N4. The molecule has 0 unspecified atom stereocenters. The molecule has 0 radical (unpaired) electrons. The van der Waals surface area contributed by atoms with E-state index in [1.807, 2.05) is 0 Å². The molecule has 128 valence electrons. The second kappa shape index (κ2) is 4.44. The summed E-state index contributed by atoms with van der Waals surface area (Å²) < 4.78 is 0. The Morgan fingerprint density at radius 1 is 0.500 bits per heavy atom. The maximum absolute atomic E-state index is 2.54. The second-order valence-corrected chi connectivity index (χ2v) is 8.02. The van der Waals surface area contributed by atoms with Crippen LogP contribution in [0.4, 0.5) is 0 Å². The van der Waals surface area contributed by atoms with Gasteiger partial charge in [0, 0.05) is 51.0 Å². The van der Waals surface area contributed by atoms with Crippen molar-refractivity contribution in [3.05, 3.63) is 83.5 Å². The number of hydrogen-bond donors (Lipinski definition) is 0. The molecule has 6 heterocycles. The van der Waals surface area contributed by atoms with Crippen molar-refractivity contribution in [1.82, 2.24) is 19.6 Å². The molecule has 0 N–H and O–H groups in total. The Morgan fingerprint density at radius 2 is 0.808 bits per heavy atom. The lowest BCUT2D eigenvalue weighted by atomic mass is 9.87. The minimum absolute atomic E-state index is 0.340. The van der Waals surface area contributed by atoms with Gasteiger partial charge in [0.05, 0.1) is 0 Å². The van der Waals surface area contributed by atoms with Gasteiger partial charge in [-0.05, 0) is 33.4 Å². The average molecular weight is 340 g/mol. The molecule has 0 saturated carbocycles. The first-order chi connectivity index (χ1) is 12.9. The molecule has 26 heavy (non-hydrogen) atoms. The summed E-state index contributed by atoms with van der Waals surface area (Å²) in [5, 5.41) is 0. The molecule has 6 aliphatic rings. The fourth-order valence-corrected chi connectivity index (χ4v) is 5.61. The minimum atomic E-state index is 0.340. The van der Waals surface area contributed by atoms with Crippen molar-refractivity contribution < 1.29 is 0 Å². The standard InChI is InChI=1S/C22H20N4/c1-3-15-11-23-7-9-25-13-17-5-2-6-18-14-26-10-8-24(22(26)21(23)25)12-16(4-1)19(15)20(17)18/h1-10,21-22H,11-14H2. The summed E-state index contributed by atoms with van der Waals surface area (Å²) >= 11 is 0. The first-order valence-electron chi connectivity index (χ1n) is 9.48. The van der Waals surface area contributed by atoms with Gasteiger partial charge in [-0.15, -0.1) is 0 Å². The highest BCUT2D eigenvalue weighted by Gasteiger charge is 2.45. The lowest BCUT2D eigenvalue weighted by Crippen LogP contribution is -2.56. The molecule has 4 heteroatoms. The highest BCUT2D eigenvalue weighted by molar-refractivity contribution is 5.78. The molecule has 8 rings (SSSR count). The van der Waals surface area contributed by atoms with Crippen LogP contribution in [0, 0.1) is 0 Å². The average Bonchev–Trinajstić information content (AvgIpc) is 3.23. The molecular weight excluding hydrogens is 320 g/mol. The maximum atomic E-state index is 2.54. The fraction of sp³-hybridized carbons (Fsp3) is 0.273. The zero-order valence-electron chi connectivity index (χ0n) is 14.5. The van der Waals surface area contributed by atoms with Crippen LogP contribution >= 0.6 is 0 Å². The van der Waals surface area contributed by atoms with E-state index in [4.69, 9.17) is 0 Å². The third-order valence-corrected chi connectivity index (χ3v) is 6.66. The van der Waals surface area contributed by atoms with E-state index in [2.05, 4.69) is 80.8 Å². The third-order valence-electron chi connectivity index (χ3n) is 6.66. The molecule has 0 saturated heterocycles. The van der Waals surface area contributed by atoms with E-state index in [-0.39, 0.29) is 0 Å². The first-order valence-corrected chi connectivity index (χ1v) is 9.48. The summed E-state index contributed by atoms with van der Waals surface area (Å²) in [6.45, 7) is 3.92. The predicted molar refractivity (Wildman–Crippen MR) is 99.9 cm³/mol. The molecule has 2 aromatic rings. The number of benzene rings is 2. The lowest BCUT2D eigenvalue weighted by Gasteiger charge is -2.43. The van der Waals surface area contributed by atoms with Crippen LogP contribution < -0.4 is 0 Å². The van der Waals surface area contributed by atoms with Crippen molar-refractivity contribution in [3.8, 4) is 11.1 Å². The Balaban J connectivity index is 1.68. The zero-order valence-corrected chi connectivity index (χ0v) is 14.5. The summed E-state index contributed by atoms with van der Waals surface area (Å²) in [4.78, 5) is 10.2. The molecule has 0 amide bonds. The predicted octanol–water partition coefficient (Wildman–Crippen LogP) is 3.22. The van der Waals surface area contributed by atoms with Crippen LogP contribution in [0.25, 0.3) is 11.1 Å². The van der Waals surface area contributed by atoms with Gasteiger partial charge in [0.15, 0.2) is 0 Å². The van der Waals surface area contributed by atoms with E-state index in [1.165, 1.54) is 33.4 Å². The van der Waals surface area contributed by atoms with E-state index in [0.29, 0.717) is 12.3 Å². The Labute approximate surface area is 153 Å². The van der Waals surface area contributed by atoms with Gasteiger partial charge >= 0.3 is 0 Å². The molecule has 0 aliphatic carbocycles. The Kier molecular flexibility index (Phi) is 2.28. The van der Waals surface area contributed by atoms with Gasteiger partial charge in [-0.1, -0.05) is 36.4 Å². The number of hydrogen-bond acceptors (Lipinski definition) is 4. The van der Waals surface area contributed by atoms with E-state index in [9.17, 15) is 0 Å². The van der Waals surface area contributed by atoms with Crippen molar-refractivity contribution in [2.45, 2.75) is 38.5 Å². The molecule has 4 nitrogen and oxygen atoms in total. The van der Waals surface area contributed by atoms with E-state index in [1.54, 1.807) is 0 Å². The zero-order chi connectivity index (χ0) is 16.8. The Morgan fingerprint density at radius 3 is 1.12 bits per heavy atom. The van der Waals surface area contributed by atoms with Gasteiger partial charge in [0.1, 0.15) is 12.3 Å². The van der Waals surface area contributed by atoms with Gasteiger partial charge in [-0.3, -0.25) is 0 Å². The first kappa shape index (κ1) is 13.3. The molecule has 2 aromatic carbocycles. The van der Waals surface area contributed by atoms with E-state index < -0.39 is 0 Å². The monoisotopic (exact) mass is 340 g/mol. The van der Waals surface area contributed by atoms with Crippen molar-refractivity contribution in [2.75, 3.05) is 0 Å². The van der Waals surface area contributed by atoms with Crippen LogP contribution in [0.2, 0.25) is 0 Å². The molecule has 0 aromatic heterocycles. The molecule has 6 aliphatic heterocycles. The van der Waals surface area contributed by atoms with Crippen molar-refractivity contribution >= 4 is 0 Å². The number of nitrogens with zero attached hydrogens (tertiary/aromatic N) is 4. The molecule has 0 fully saturated rings. The Bertz CT molecular complexity index is 857. The molecule has 0 spiro atoms. The van der Waals surface area contributed by atoms with Gasteiger partial charge in [-0.2, -0.15) is 0 Å². The summed E-state index contributed by atoms with van der Waals surface area (Å²) in [5.41, 5.74) is 8.84. The smallest absolute Gasteiger partial charge is 0.142 e. The van der Waals surface area contributed by atoms with Gasteiger partial charge in [-0.25, -0.2) is 0 Å². The van der Waals surface area contributed by atoms with Crippen molar-refractivity contribution in [2.24, 2.45) is 0 Å². The fourth-order valence-electron chi connectivity index (χ4n) is 5.61. The van der Waals surface area contributed by atoms with Crippen LogP contribution in [0.5, 0.6) is 0 Å². The minimum Gasteiger partial charge on any atom is -0.348 e. The van der Waals surface area contributed by atoms with Gasteiger partial charge in [0.25, 0.3) is 0 Å². The number of rotatable bonds is 0. The Hall–Kier alpha value is -2.88. The van der Waals surface area contributed by atoms with E-state index >= 15 is 0 Å².